The zero-order valence-electron chi connectivity index (χ0n) is 18.1. The lowest BCUT2D eigenvalue weighted by Gasteiger charge is -2.22. The number of carbonyl (C=O) groups excluding carboxylic acids is 1. The SMILES string of the molecule is CC(O)(C=C[C@@H]1C(SCCCSCC(=O)O)C(=O)C[C@H]1O)CCc1cc2ccccc2s1. The number of aliphatic hydroxyl groups excluding tert-OH is 1. The van der Waals surface area contributed by atoms with Crippen LogP contribution in [0.25, 0.3) is 10.1 Å². The van der Waals surface area contributed by atoms with E-state index in [1.165, 1.54) is 38.5 Å². The first-order valence-corrected chi connectivity index (χ1v) is 13.8. The van der Waals surface area contributed by atoms with Gasteiger partial charge >= 0.3 is 5.97 Å². The van der Waals surface area contributed by atoms with Crippen molar-refractivity contribution in [2.45, 2.75) is 49.6 Å². The molecule has 1 aliphatic carbocycles. The van der Waals surface area contributed by atoms with Gasteiger partial charge in [0.1, 0.15) is 5.78 Å². The first kappa shape index (κ1) is 25.3. The van der Waals surface area contributed by atoms with Gasteiger partial charge < -0.3 is 15.3 Å². The molecule has 2 unspecified atom stereocenters. The average molecular weight is 495 g/mol. The molecule has 1 saturated carbocycles. The minimum Gasteiger partial charge on any atom is -0.481 e. The largest absolute Gasteiger partial charge is 0.481 e. The lowest BCUT2D eigenvalue weighted by Crippen LogP contribution is -2.25. The van der Waals surface area contributed by atoms with Crippen molar-refractivity contribution in [3.05, 3.63) is 47.4 Å². The number of rotatable bonds is 12. The van der Waals surface area contributed by atoms with Crippen molar-refractivity contribution < 1.29 is 24.9 Å². The number of benzene rings is 1. The summed E-state index contributed by atoms with van der Waals surface area (Å²) >= 11 is 4.64. The van der Waals surface area contributed by atoms with E-state index in [-0.39, 0.29) is 29.1 Å². The van der Waals surface area contributed by atoms with Crippen LogP contribution in [0.3, 0.4) is 0 Å². The van der Waals surface area contributed by atoms with Crippen molar-refractivity contribution in [3.63, 3.8) is 0 Å². The number of aliphatic carboxylic acids is 1. The lowest BCUT2D eigenvalue weighted by atomic mass is 9.95. The van der Waals surface area contributed by atoms with Crippen molar-refractivity contribution in [2.24, 2.45) is 5.92 Å². The quantitative estimate of drug-likeness (QED) is 0.297. The average Bonchev–Trinajstić information content (AvgIpc) is 3.27. The molecular formula is C24H30O5S3. The third kappa shape index (κ3) is 7.35. The fourth-order valence-corrected chi connectivity index (χ4v) is 7.03. The highest BCUT2D eigenvalue weighted by Gasteiger charge is 2.40. The van der Waals surface area contributed by atoms with Gasteiger partial charge in [0.05, 0.1) is 22.7 Å². The fraction of sp³-hybridized carbons (Fsp3) is 0.500. The van der Waals surface area contributed by atoms with E-state index in [0.717, 1.165) is 24.3 Å². The van der Waals surface area contributed by atoms with Crippen molar-refractivity contribution in [2.75, 3.05) is 17.3 Å². The van der Waals surface area contributed by atoms with Crippen LogP contribution in [-0.2, 0) is 16.0 Å². The lowest BCUT2D eigenvalue weighted by molar-refractivity contribution is -0.133. The van der Waals surface area contributed by atoms with E-state index in [9.17, 15) is 19.8 Å². The van der Waals surface area contributed by atoms with Crippen molar-refractivity contribution >= 4 is 56.7 Å². The second-order valence-electron chi connectivity index (χ2n) is 8.37. The predicted molar refractivity (Wildman–Crippen MR) is 135 cm³/mol. The number of hydrogen-bond donors (Lipinski definition) is 3. The van der Waals surface area contributed by atoms with Gasteiger partial charge in [-0.15, -0.1) is 23.1 Å². The molecule has 3 N–H and O–H groups in total. The summed E-state index contributed by atoms with van der Waals surface area (Å²) in [6.07, 6.45) is 5.10. The molecule has 32 heavy (non-hydrogen) atoms. The Bertz CT molecular complexity index is 919. The molecule has 1 heterocycles. The number of fused-ring (bicyclic) bond motifs is 1. The summed E-state index contributed by atoms with van der Waals surface area (Å²) in [5, 5.41) is 30.8. The normalized spacial score (nSPS) is 23.2. The van der Waals surface area contributed by atoms with E-state index in [4.69, 9.17) is 5.11 Å². The molecule has 0 aliphatic heterocycles. The number of carbonyl (C=O) groups is 2. The summed E-state index contributed by atoms with van der Waals surface area (Å²) in [6.45, 7) is 1.77. The second-order valence-corrected chi connectivity index (χ2v) is 11.9. The van der Waals surface area contributed by atoms with Crippen LogP contribution in [0.2, 0.25) is 0 Å². The fourth-order valence-electron chi connectivity index (χ4n) is 3.78. The van der Waals surface area contributed by atoms with Crippen LogP contribution in [0.1, 0.15) is 31.1 Å². The molecule has 1 aliphatic rings. The van der Waals surface area contributed by atoms with E-state index in [0.29, 0.717) is 6.42 Å². The molecular weight excluding hydrogens is 464 g/mol. The summed E-state index contributed by atoms with van der Waals surface area (Å²) < 4.78 is 1.24. The minimum atomic E-state index is -1.02. The summed E-state index contributed by atoms with van der Waals surface area (Å²) in [7, 11) is 0. The van der Waals surface area contributed by atoms with Gasteiger partial charge in [-0.1, -0.05) is 30.4 Å². The van der Waals surface area contributed by atoms with Crippen LogP contribution in [0.4, 0.5) is 0 Å². The number of ketones is 1. The molecule has 0 spiro atoms. The standard InChI is InChI=1S/C24H30O5S3/c1-24(29,9-7-17-13-16-5-2-3-6-21(16)32-17)10-8-18-19(25)14-20(26)23(18)31-12-4-11-30-15-22(27)28/h2-3,5-6,8,10,13,18-19,23,25,29H,4,7,9,11-12,14-15H2,1H3,(H,27,28)/t18-,19+,23?,24?/m0/s1. The molecule has 8 heteroatoms. The van der Waals surface area contributed by atoms with Gasteiger partial charge in [0.25, 0.3) is 0 Å². The summed E-state index contributed by atoms with van der Waals surface area (Å²) in [6, 6.07) is 10.4. The smallest absolute Gasteiger partial charge is 0.313 e. The minimum absolute atomic E-state index is 0.0419. The van der Waals surface area contributed by atoms with Crippen LogP contribution < -0.4 is 0 Å². The van der Waals surface area contributed by atoms with Gasteiger partial charge in [0.15, 0.2) is 0 Å². The molecule has 0 amide bonds. The van der Waals surface area contributed by atoms with Gasteiger partial charge in [-0.25, -0.2) is 0 Å². The molecule has 174 valence electrons. The van der Waals surface area contributed by atoms with E-state index < -0.39 is 17.7 Å². The van der Waals surface area contributed by atoms with Crippen molar-refractivity contribution in [1.82, 2.24) is 0 Å². The molecule has 0 radical (unpaired) electrons. The highest BCUT2D eigenvalue weighted by molar-refractivity contribution is 8.01. The number of aryl methyl sites for hydroxylation is 1. The second kappa shape index (κ2) is 11.7. The number of thiophene rings is 1. The molecule has 0 bridgehead atoms. The third-order valence-electron chi connectivity index (χ3n) is 5.51. The van der Waals surface area contributed by atoms with Crippen molar-refractivity contribution in [1.29, 1.82) is 0 Å². The van der Waals surface area contributed by atoms with Crippen molar-refractivity contribution in [3.8, 4) is 0 Å². The van der Waals surface area contributed by atoms with E-state index in [1.54, 1.807) is 24.3 Å². The van der Waals surface area contributed by atoms with E-state index in [1.807, 2.05) is 18.2 Å². The Labute approximate surface area is 201 Å². The number of carboxylic acids is 1. The van der Waals surface area contributed by atoms with Crippen LogP contribution in [0.15, 0.2) is 42.5 Å². The van der Waals surface area contributed by atoms with Crippen LogP contribution in [0.5, 0.6) is 0 Å². The predicted octanol–water partition coefficient (Wildman–Crippen LogP) is 4.40. The topological polar surface area (TPSA) is 94.8 Å². The Balaban J connectivity index is 1.51. The summed E-state index contributed by atoms with van der Waals surface area (Å²) in [5.74, 6) is 0.475. The third-order valence-corrected chi connectivity index (χ3v) is 9.17. The number of aliphatic hydroxyl groups is 2. The molecule has 3 rings (SSSR count). The zero-order valence-corrected chi connectivity index (χ0v) is 20.6. The van der Waals surface area contributed by atoms with Gasteiger partial charge in [0.2, 0.25) is 0 Å². The van der Waals surface area contributed by atoms with Crippen LogP contribution in [-0.4, -0.2) is 61.3 Å². The molecule has 1 aromatic heterocycles. The van der Waals surface area contributed by atoms with Gasteiger partial charge in [-0.05, 0) is 55.2 Å². The number of carboxylic acid groups (broad SMARTS) is 1. The van der Waals surface area contributed by atoms with E-state index in [2.05, 4.69) is 18.2 Å². The maximum absolute atomic E-state index is 12.4. The Kier molecular flexibility index (Phi) is 9.25. The molecule has 4 atom stereocenters. The summed E-state index contributed by atoms with van der Waals surface area (Å²) in [5.41, 5.74) is -1.02. The zero-order chi connectivity index (χ0) is 23.1. The molecule has 1 fully saturated rings. The molecule has 2 aromatic rings. The molecule has 0 saturated heterocycles. The highest BCUT2D eigenvalue weighted by Crippen LogP contribution is 2.35. The molecule has 1 aromatic carbocycles. The Morgan fingerprint density at radius 1 is 1.31 bits per heavy atom. The van der Waals surface area contributed by atoms with Gasteiger partial charge in [-0.2, -0.15) is 11.8 Å². The van der Waals surface area contributed by atoms with Crippen LogP contribution >= 0.6 is 34.9 Å². The Morgan fingerprint density at radius 3 is 2.84 bits per heavy atom. The van der Waals surface area contributed by atoms with E-state index >= 15 is 0 Å². The van der Waals surface area contributed by atoms with Gasteiger partial charge in [-0.3, -0.25) is 9.59 Å². The van der Waals surface area contributed by atoms with Gasteiger partial charge in [0, 0.05) is 21.9 Å². The monoisotopic (exact) mass is 494 g/mol. The molecule has 5 nitrogen and oxygen atoms in total. The first-order chi connectivity index (χ1) is 15.2. The maximum Gasteiger partial charge on any atom is 0.313 e. The first-order valence-electron chi connectivity index (χ1n) is 10.8. The van der Waals surface area contributed by atoms with Crippen LogP contribution in [0, 0.1) is 5.92 Å². The highest BCUT2D eigenvalue weighted by atomic mass is 32.2. The number of Topliss-reactive ketones (excluding diaryl/α,β-unsaturated/α-hetero) is 1. The number of hydrogen-bond acceptors (Lipinski definition) is 7. The summed E-state index contributed by atoms with van der Waals surface area (Å²) in [4.78, 5) is 24.2. The Morgan fingerprint density at radius 2 is 2.09 bits per heavy atom. The number of thioether (sulfide) groups is 2. The maximum atomic E-state index is 12.4. The Hall–Kier alpha value is -1.32.